The lowest BCUT2D eigenvalue weighted by Gasteiger charge is -2.28. The molecule has 2 rings (SSSR count). The maximum absolute atomic E-state index is 10.4. The van der Waals surface area contributed by atoms with Gasteiger partial charge in [-0.25, -0.2) is 0 Å². The fraction of sp³-hybridized carbons (Fsp3) is 0.647. The lowest BCUT2D eigenvalue weighted by atomic mass is 10.1. The fourth-order valence-corrected chi connectivity index (χ4v) is 2.82. The zero-order valence-corrected chi connectivity index (χ0v) is 14.3. The Morgan fingerprint density at radius 2 is 2.05 bits per heavy atom. The SMILES string of the molecule is CC(C)COc1ccc(C(O)CCN2CCNCC2)c(Cl)c1. The maximum Gasteiger partial charge on any atom is 0.120 e. The number of hydrogen-bond donors (Lipinski definition) is 2. The van der Waals surface area contributed by atoms with E-state index in [1.54, 1.807) is 6.07 Å². The molecule has 4 nitrogen and oxygen atoms in total. The number of nitrogens with one attached hydrogen (secondary N) is 1. The van der Waals surface area contributed by atoms with Crippen LogP contribution in [0.15, 0.2) is 18.2 Å². The first-order valence-electron chi connectivity index (χ1n) is 8.09. The topological polar surface area (TPSA) is 44.7 Å². The smallest absolute Gasteiger partial charge is 0.120 e. The number of ether oxygens (including phenoxy) is 1. The van der Waals surface area contributed by atoms with Crippen LogP contribution < -0.4 is 10.1 Å². The van der Waals surface area contributed by atoms with Crippen molar-refractivity contribution in [1.29, 1.82) is 0 Å². The van der Waals surface area contributed by atoms with Crippen molar-refractivity contribution in [3.05, 3.63) is 28.8 Å². The van der Waals surface area contributed by atoms with Crippen LogP contribution in [-0.2, 0) is 0 Å². The number of halogens is 1. The first kappa shape index (κ1) is 17.5. The summed E-state index contributed by atoms with van der Waals surface area (Å²) in [5.74, 6) is 1.24. The molecule has 0 aliphatic carbocycles. The summed E-state index contributed by atoms with van der Waals surface area (Å²) in [4.78, 5) is 2.37. The van der Waals surface area contributed by atoms with E-state index in [0.29, 0.717) is 24.0 Å². The van der Waals surface area contributed by atoms with E-state index in [1.165, 1.54) is 0 Å². The Morgan fingerprint density at radius 1 is 1.32 bits per heavy atom. The number of aliphatic hydroxyl groups excluding tert-OH is 1. The zero-order valence-electron chi connectivity index (χ0n) is 13.5. The average Bonchev–Trinajstić information content (AvgIpc) is 2.51. The number of aliphatic hydroxyl groups is 1. The fourth-order valence-electron chi connectivity index (χ4n) is 2.53. The van der Waals surface area contributed by atoms with Crippen LogP contribution in [0.1, 0.15) is 31.9 Å². The van der Waals surface area contributed by atoms with Crippen molar-refractivity contribution < 1.29 is 9.84 Å². The molecule has 0 amide bonds. The lowest BCUT2D eigenvalue weighted by molar-refractivity contribution is 0.136. The Hall–Kier alpha value is -0.810. The standard InChI is InChI=1S/C17H27ClN2O2/c1-13(2)12-22-14-3-4-15(16(18)11-14)17(21)5-8-20-9-6-19-7-10-20/h3-4,11,13,17,19,21H,5-10,12H2,1-2H3. The number of rotatable bonds is 7. The van der Waals surface area contributed by atoms with Crippen molar-refractivity contribution in [2.45, 2.75) is 26.4 Å². The van der Waals surface area contributed by atoms with Gasteiger partial charge in [-0.2, -0.15) is 0 Å². The van der Waals surface area contributed by atoms with Crippen LogP contribution in [0, 0.1) is 5.92 Å². The van der Waals surface area contributed by atoms with Gasteiger partial charge in [0.15, 0.2) is 0 Å². The van der Waals surface area contributed by atoms with E-state index in [9.17, 15) is 5.11 Å². The second kappa shape index (κ2) is 8.73. The molecule has 5 heteroatoms. The molecule has 1 heterocycles. The second-order valence-corrected chi connectivity index (χ2v) is 6.69. The summed E-state index contributed by atoms with van der Waals surface area (Å²) in [6.07, 6.45) is 0.174. The molecular formula is C17H27ClN2O2. The Labute approximate surface area is 138 Å². The molecule has 1 unspecified atom stereocenters. The average molecular weight is 327 g/mol. The van der Waals surface area contributed by atoms with E-state index < -0.39 is 6.10 Å². The summed E-state index contributed by atoms with van der Waals surface area (Å²) in [6.45, 7) is 9.92. The molecule has 124 valence electrons. The van der Waals surface area contributed by atoms with Crippen molar-refractivity contribution in [3.8, 4) is 5.75 Å². The van der Waals surface area contributed by atoms with Gasteiger partial charge in [-0.3, -0.25) is 0 Å². The van der Waals surface area contributed by atoms with Gasteiger partial charge in [-0.05, 0) is 30.0 Å². The third-order valence-electron chi connectivity index (χ3n) is 3.84. The highest BCUT2D eigenvalue weighted by Crippen LogP contribution is 2.29. The van der Waals surface area contributed by atoms with Crippen LogP contribution in [0.5, 0.6) is 5.75 Å². The first-order chi connectivity index (χ1) is 10.6. The summed E-state index contributed by atoms with van der Waals surface area (Å²) in [5.41, 5.74) is 0.786. The Morgan fingerprint density at radius 3 is 2.68 bits per heavy atom. The van der Waals surface area contributed by atoms with E-state index in [1.807, 2.05) is 12.1 Å². The zero-order chi connectivity index (χ0) is 15.9. The monoisotopic (exact) mass is 326 g/mol. The molecular weight excluding hydrogens is 300 g/mol. The molecule has 2 N–H and O–H groups in total. The minimum absolute atomic E-state index is 0.475. The van der Waals surface area contributed by atoms with Crippen LogP contribution in [-0.4, -0.2) is 49.3 Å². The molecule has 1 atom stereocenters. The molecule has 1 aliphatic heterocycles. The molecule has 0 saturated carbocycles. The van der Waals surface area contributed by atoms with E-state index >= 15 is 0 Å². The molecule has 1 aromatic rings. The predicted molar refractivity (Wildman–Crippen MR) is 90.7 cm³/mol. The van der Waals surface area contributed by atoms with Gasteiger partial charge in [0.25, 0.3) is 0 Å². The molecule has 1 saturated heterocycles. The minimum atomic E-state index is -0.526. The quantitative estimate of drug-likeness (QED) is 0.808. The molecule has 1 aromatic carbocycles. The van der Waals surface area contributed by atoms with Gasteiger partial charge < -0.3 is 20.1 Å². The Kier molecular flexibility index (Phi) is 6.96. The van der Waals surface area contributed by atoms with E-state index in [2.05, 4.69) is 24.1 Å². The summed E-state index contributed by atoms with van der Waals surface area (Å²) < 4.78 is 5.66. The third-order valence-corrected chi connectivity index (χ3v) is 4.17. The van der Waals surface area contributed by atoms with Gasteiger partial charge in [0, 0.05) is 32.7 Å². The molecule has 0 spiro atoms. The van der Waals surface area contributed by atoms with E-state index in [4.69, 9.17) is 16.3 Å². The van der Waals surface area contributed by atoms with Gasteiger partial charge in [-0.15, -0.1) is 0 Å². The highest BCUT2D eigenvalue weighted by molar-refractivity contribution is 6.31. The van der Waals surface area contributed by atoms with Gasteiger partial charge >= 0.3 is 0 Å². The van der Waals surface area contributed by atoms with Crippen molar-refractivity contribution in [1.82, 2.24) is 10.2 Å². The molecule has 0 aromatic heterocycles. The van der Waals surface area contributed by atoms with Crippen LogP contribution in [0.2, 0.25) is 5.02 Å². The second-order valence-electron chi connectivity index (χ2n) is 6.28. The Balaban J connectivity index is 1.87. The first-order valence-corrected chi connectivity index (χ1v) is 8.47. The largest absolute Gasteiger partial charge is 0.493 e. The van der Waals surface area contributed by atoms with Gasteiger partial charge in [0.1, 0.15) is 5.75 Å². The Bertz CT molecular complexity index is 462. The van der Waals surface area contributed by atoms with Crippen LogP contribution >= 0.6 is 11.6 Å². The highest BCUT2D eigenvalue weighted by atomic mass is 35.5. The summed E-state index contributed by atoms with van der Waals surface area (Å²) in [6, 6.07) is 5.56. The van der Waals surface area contributed by atoms with E-state index in [0.717, 1.165) is 44.0 Å². The summed E-state index contributed by atoms with van der Waals surface area (Å²) in [7, 11) is 0. The normalized spacial score (nSPS) is 17.7. The van der Waals surface area contributed by atoms with Crippen LogP contribution in [0.25, 0.3) is 0 Å². The maximum atomic E-state index is 10.4. The molecule has 1 fully saturated rings. The van der Waals surface area contributed by atoms with Gasteiger partial charge in [-0.1, -0.05) is 31.5 Å². The molecule has 0 radical (unpaired) electrons. The van der Waals surface area contributed by atoms with Crippen molar-refractivity contribution in [3.63, 3.8) is 0 Å². The molecule has 1 aliphatic rings. The number of piperazine rings is 1. The van der Waals surface area contributed by atoms with Crippen LogP contribution in [0.4, 0.5) is 0 Å². The van der Waals surface area contributed by atoms with Crippen molar-refractivity contribution in [2.75, 3.05) is 39.3 Å². The summed E-state index contributed by atoms with van der Waals surface area (Å²) >= 11 is 6.30. The minimum Gasteiger partial charge on any atom is -0.493 e. The van der Waals surface area contributed by atoms with Crippen LogP contribution in [0.3, 0.4) is 0 Å². The number of nitrogens with zero attached hydrogens (tertiary/aromatic N) is 1. The van der Waals surface area contributed by atoms with Crippen molar-refractivity contribution >= 4 is 11.6 Å². The van der Waals surface area contributed by atoms with Gasteiger partial charge in [0.05, 0.1) is 17.7 Å². The van der Waals surface area contributed by atoms with E-state index in [-0.39, 0.29) is 0 Å². The predicted octanol–water partition coefficient (Wildman–Crippen LogP) is 2.70. The molecule has 22 heavy (non-hydrogen) atoms. The third kappa shape index (κ3) is 5.43. The lowest BCUT2D eigenvalue weighted by Crippen LogP contribution is -2.44. The molecule has 0 bridgehead atoms. The van der Waals surface area contributed by atoms with Crippen molar-refractivity contribution in [2.24, 2.45) is 5.92 Å². The number of benzene rings is 1. The summed E-state index contributed by atoms with van der Waals surface area (Å²) in [5, 5.41) is 14.3. The number of hydrogen-bond acceptors (Lipinski definition) is 4. The van der Waals surface area contributed by atoms with Gasteiger partial charge in [0.2, 0.25) is 0 Å². The highest BCUT2D eigenvalue weighted by Gasteiger charge is 2.16.